The minimum Gasteiger partial charge on any atom is -0.495 e. The van der Waals surface area contributed by atoms with Gasteiger partial charge in [-0.05, 0) is 37.1 Å². The molecule has 0 spiro atoms. The van der Waals surface area contributed by atoms with Gasteiger partial charge in [-0.25, -0.2) is 0 Å². The predicted octanol–water partition coefficient (Wildman–Crippen LogP) is 2.30. The fraction of sp³-hybridized carbons (Fsp3) is 0.625. The van der Waals surface area contributed by atoms with Crippen LogP contribution in [0, 0.1) is 0 Å². The van der Waals surface area contributed by atoms with Gasteiger partial charge in [-0.3, -0.25) is 4.90 Å². The van der Waals surface area contributed by atoms with E-state index in [0.29, 0.717) is 17.2 Å². The van der Waals surface area contributed by atoms with Crippen LogP contribution in [0.1, 0.15) is 18.4 Å². The molecule has 21 heavy (non-hydrogen) atoms. The number of ether oxygens (including phenoxy) is 2. The number of benzene rings is 1. The first-order valence-electron chi connectivity index (χ1n) is 7.65. The zero-order valence-corrected chi connectivity index (χ0v) is 13.2. The van der Waals surface area contributed by atoms with Gasteiger partial charge in [-0.2, -0.15) is 0 Å². The van der Waals surface area contributed by atoms with Crippen LogP contribution < -0.4 is 10.1 Å². The number of fused-ring (bicyclic) bond motifs is 1. The zero-order chi connectivity index (χ0) is 14.7. The third-order valence-corrected chi connectivity index (χ3v) is 4.67. The summed E-state index contributed by atoms with van der Waals surface area (Å²) in [7, 11) is 1.63. The Morgan fingerprint density at radius 1 is 1.48 bits per heavy atom. The first-order valence-corrected chi connectivity index (χ1v) is 8.03. The SMILES string of the molecule is COc1ccc(CNCC2CN3CCCC3CO2)cc1Cl. The van der Waals surface area contributed by atoms with E-state index in [2.05, 4.69) is 10.2 Å². The molecule has 116 valence electrons. The average molecular weight is 311 g/mol. The van der Waals surface area contributed by atoms with E-state index >= 15 is 0 Å². The van der Waals surface area contributed by atoms with E-state index in [4.69, 9.17) is 21.1 Å². The Kier molecular flexibility index (Phi) is 5.01. The van der Waals surface area contributed by atoms with Crippen molar-refractivity contribution < 1.29 is 9.47 Å². The van der Waals surface area contributed by atoms with E-state index in [-0.39, 0.29) is 0 Å². The first kappa shape index (κ1) is 15.1. The van der Waals surface area contributed by atoms with E-state index in [0.717, 1.165) is 37.6 Å². The molecule has 0 radical (unpaired) electrons. The summed E-state index contributed by atoms with van der Waals surface area (Å²) in [5, 5.41) is 4.12. The molecule has 0 amide bonds. The van der Waals surface area contributed by atoms with Crippen molar-refractivity contribution in [2.45, 2.75) is 31.5 Å². The number of hydrogen-bond donors (Lipinski definition) is 1. The van der Waals surface area contributed by atoms with Crippen LogP contribution in [0.3, 0.4) is 0 Å². The Morgan fingerprint density at radius 2 is 2.38 bits per heavy atom. The van der Waals surface area contributed by atoms with Gasteiger partial charge in [0.25, 0.3) is 0 Å². The lowest BCUT2D eigenvalue weighted by Crippen LogP contribution is -2.49. The zero-order valence-electron chi connectivity index (χ0n) is 12.5. The summed E-state index contributed by atoms with van der Waals surface area (Å²) in [5.74, 6) is 0.719. The van der Waals surface area contributed by atoms with Gasteiger partial charge in [-0.1, -0.05) is 17.7 Å². The second kappa shape index (κ2) is 6.97. The van der Waals surface area contributed by atoms with Gasteiger partial charge in [0, 0.05) is 25.7 Å². The van der Waals surface area contributed by atoms with Crippen molar-refractivity contribution in [3.05, 3.63) is 28.8 Å². The van der Waals surface area contributed by atoms with Crippen molar-refractivity contribution in [1.29, 1.82) is 0 Å². The molecule has 2 aliphatic heterocycles. The van der Waals surface area contributed by atoms with Crippen LogP contribution in [0.5, 0.6) is 5.75 Å². The standard InChI is InChI=1S/C16H23ClN2O2/c1-20-16-5-4-12(7-15(16)17)8-18-9-14-10-19-6-2-3-13(19)11-21-14/h4-5,7,13-14,18H,2-3,6,8-11H2,1H3. The van der Waals surface area contributed by atoms with Crippen molar-refractivity contribution in [2.75, 3.05) is 33.4 Å². The molecule has 0 aliphatic carbocycles. The molecule has 2 heterocycles. The van der Waals surface area contributed by atoms with Gasteiger partial charge >= 0.3 is 0 Å². The molecule has 1 aromatic rings. The highest BCUT2D eigenvalue weighted by Gasteiger charge is 2.31. The normalized spacial score (nSPS) is 25.8. The van der Waals surface area contributed by atoms with Crippen LogP contribution in [0.4, 0.5) is 0 Å². The van der Waals surface area contributed by atoms with Crippen LogP contribution in [0.25, 0.3) is 0 Å². The molecular weight excluding hydrogens is 288 g/mol. The van der Waals surface area contributed by atoms with Gasteiger partial charge in [0.05, 0.1) is 24.8 Å². The fourth-order valence-corrected chi connectivity index (χ4v) is 3.49. The molecule has 2 saturated heterocycles. The van der Waals surface area contributed by atoms with E-state index in [1.54, 1.807) is 7.11 Å². The van der Waals surface area contributed by atoms with Crippen LogP contribution in [-0.4, -0.2) is 50.4 Å². The number of rotatable bonds is 5. The summed E-state index contributed by atoms with van der Waals surface area (Å²) in [4.78, 5) is 2.57. The Hall–Kier alpha value is -0.810. The first-order chi connectivity index (χ1) is 10.3. The van der Waals surface area contributed by atoms with Gasteiger partial charge in [0.1, 0.15) is 5.75 Å². The Balaban J connectivity index is 1.44. The molecule has 0 saturated carbocycles. The van der Waals surface area contributed by atoms with Crippen molar-refractivity contribution in [3.63, 3.8) is 0 Å². The summed E-state index contributed by atoms with van der Waals surface area (Å²) in [6.45, 7) is 4.86. The van der Waals surface area contributed by atoms with Crippen LogP contribution >= 0.6 is 11.6 Å². The molecule has 0 aromatic heterocycles. The molecule has 4 nitrogen and oxygen atoms in total. The van der Waals surface area contributed by atoms with Crippen LogP contribution in [-0.2, 0) is 11.3 Å². The summed E-state index contributed by atoms with van der Waals surface area (Å²) >= 11 is 6.13. The lowest BCUT2D eigenvalue weighted by molar-refractivity contribution is -0.0470. The maximum absolute atomic E-state index is 6.13. The highest BCUT2D eigenvalue weighted by Crippen LogP contribution is 2.25. The van der Waals surface area contributed by atoms with E-state index in [9.17, 15) is 0 Å². The van der Waals surface area contributed by atoms with Crippen molar-refractivity contribution in [1.82, 2.24) is 10.2 Å². The molecule has 3 rings (SSSR count). The largest absolute Gasteiger partial charge is 0.495 e. The number of methoxy groups -OCH3 is 1. The third-order valence-electron chi connectivity index (χ3n) is 4.38. The molecule has 2 aliphatic rings. The third kappa shape index (κ3) is 3.69. The van der Waals surface area contributed by atoms with E-state index in [1.807, 2.05) is 18.2 Å². The maximum Gasteiger partial charge on any atom is 0.137 e. The quantitative estimate of drug-likeness (QED) is 0.905. The predicted molar refractivity (Wildman–Crippen MR) is 84.0 cm³/mol. The minimum atomic E-state index is 0.299. The molecule has 1 aromatic carbocycles. The topological polar surface area (TPSA) is 33.7 Å². The molecule has 2 fully saturated rings. The second-order valence-corrected chi connectivity index (χ2v) is 6.25. The van der Waals surface area contributed by atoms with Gasteiger partial charge in [-0.15, -0.1) is 0 Å². The molecule has 2 atom stereocenters. The molecule has 0 bridgehead atoms. The highest BCUT2D eigenvalue weighted by atomic mass is 35.5. The molecule has 1 N–H and O–H groups in total. The maximum atomic E-state index is 6.13. The molecule has 5 heteroatoms. The van der Waals surface area contributed by atoms with Crippen molar-refractivity contribution >= 4 is 11.6 Å². The lowest BCUT2D eigenvalue weighted by atomic mass is 10.2. The minimum absolute atomic E-state index is 0.299. The Labute approximate surface area is 131 Å². The monoisotopic (exact) mass is 310 g/mol. The van der Waals surface area contributed by atoms with Crippen LogP contribution in [0.2, 0.25) is 5.02 Å². The van der Waals surface area contributed by atoms with Gasteiger partial charge in [0.15, 0.2) is 0 Å². The number of nitrogens with zero attached hydrogens (tertiary/aromatic N) is 1. The fourth-order valence-electron chi connectivity index (χ4n) is 3.21. The van der Waals surface area contributed by atoms with Gasteiger partial charge < -0.3 is 14.8 Å². The number of halogens is 1. The number of morpholine rings is 1. The van der Waals surface area contributed by atoms with E-state index < -0.39 is 0 Å². The Bertz CT molecular complexity index is 483. The van der Waals surface area contributed by atoms with Crippen LogP contribution in [0.15, 0.2) is 18.2 Å². The molecular formula is C16H23ClN2O2. The number of nitrogens with one attached hydrogen (secondary N) is 1. The second-order valence-electron chi connectivity index (χ2n) is 5.85. The number of hydrogen-bond acceptors (Lipinski definition) is 4. The summed E-state index contributed by atoms with van der Waals surface area (Å²) in [5.41, 5.74) is 1.16. The lowest BCUT2D eigenvalue weighted by Gasteiger charge is -2.35. The average Bonchev–Trinajstić information content (AvgIpc) is 2.95. The van der Waals surface area contributed by atoms with Crippen molar-refractivity contribution in [3.8, 4) is 5.75 Å². The highest BCUT2D eigenvalue weighted by molar-refractivity contribution is 6.32. The van der Waals surface area contributed by atoms with E-state index in [1.165, 1.54) is 19.4 Å². The van der Waals surface area contributed by atoms with Crippen molar-refractivity contribution in [2.24, 2.45) is 0 Å². The Morgan fingerprint density at radius 3 is 3.19 bits per heavy atom. The smallest absolute Gasteiger partial charge is 0.137 e. The summed E-state index contributed by atoms with van der Waals surface area (Å²) in [6.07, 6.45) is 2.91. The summed E-state index contributed by atoms with van der Waals surface area (Å²) in [6, 6.07) is 6.56. The summed E-state index contributed by atoms with van der Waals surface area (Å²) < 4.78 is 11.1. The van der Waals surface area contributed by atoms with Gasteiger partial charge in [0.2, 0.25) is 0 Å². The molecule has 2 unspecified atom stereocenters.